The fraction of sp³-hybridized carbons (Fsp3) is 0.571. The van der Waals surface area contributed by atoms with Crippen LogP contribution in [0, 0.1) is 11.8 Å². The monoisotopic (exact) mass is 586 g/mol. The van der Waals surface area contributed by atoms with Gasteiger partial charge in [-0.3, -0.25) is 19.3 Å². The first-order chi connectivity index (χ1) is 20.8. The number of aliphatic hydroxyl groups is 1. The lowest BCUT2D eigenvalue weighted by molar-refractivity contribution is -0.140. The molecule has 43 heavy (non-hydrogen) atoms. The second kappa shape index (κ2) is 11.0. The zero-order valence-electron chi connectivity index (χ0n) is 25.2. The van der Waals surface area contributed by atoms with Gasteiger partial charge in [-0.15, -0.1) is 0 Å². The number of hydrogen-bond acceptors (Lipinski definition) is 7. The molecular formula is C35H42N2O6. The third-order valence-corrected chi connectivity index (χ3v) is 11.0. The molecule has 2 aliphatic heterocycles. The second-order valence-corrected chi connectivity index (χ2v) is 13.4. The Balaban J connectivity index is 1.10. The molecule has 0 radical (unpaired) electrons. The Bertz CT molecular complexity index is 1430. The van der Waals surface area contributed by atoms with Gasteiger partial charge in [0.2, 0.25) is 5.91 Å². The molecule has 8 heteroatoms. The molecule has 0 aromatic heterocycles. The fourth-order valence-electron chi connectivity index (χ4n) is 8.87. The summed E-state index contributed by atoms with van der Waals surface area (Å²) in [6.07, 6.45) is 6.40. The van der Waals surface area contributed by atoms with Crippen LogP contribution in [0.1, 0.15) is 79.8 Å². The highest BCUT2D eigenvalue weighted by Gasteiger charge is 2.66. The van der Waals surface area contributed by atoms with Crippen LogP contribution in [-0.4, -0.2) is 77.0 Å². The number of likely N-dealkylation sites (N-methyl/N-ethyl adjacent to an activating group) is 1. The molecule has 7 rings (SSSR count). The van der Waals surface area contributed by atoms with E-state index in [1.165, 1.54) is 18.1 Å². The number of hydrogen-bond donors (Lipinski definition) is 1. The molecule has 3 aliphatic carbocycles. The Kier molecular flexibility index (Phi) is 7.33. The molecule has 1 saturated heterocycles. The van der Waals surface area contributed by atoms with E-state index in [0.29, 0.717) is 55.1 Å². The van der Waals surface area contributed by atoms with E-state index in [-0.39, 0.29) is 41.3 Å². The Morgan fingerprint density at radius 3 is 2.60 bits per heavy atom. The number of ether oxygens (including phenoxy) is 2. The van der Waals surface area contributed by atoms with E-state index in [2.05, 4.69) is 11.0 Å². The van der Waals surface area contributed by atoms with Gasteiger partial charge in [0.1, 0.15) is 6.10 Å². The van der Waals surface area contributed by atoms with Crippen molar-refractivity contribution in [3.05, 3.63) is 59.2 Å². The molecular weight excluding hydrogens is 544 g/mol. The first-order valence-corrected chi connectivity index (χ1v) is 16.1. The Morgan fingerprint density at radius 2 is 1.86 bits per heavy atom. The number of rotatable bonds is 10. The van der Waals surface area contributed by atoms with Crippen molar-refractivity contribution in [2.75, 3.05) is 20.1 Å². The standard InChI is InChI=1S/C35H42N2O6/c1-21(38)42-30-15-12-23-18-27-25-13-14-26(36(2)31(41)11-7-6-10-28(39)22-8-4-3-5-9-22)34-35(25,32(23)33(30)43-34)16-17-37(27)20-24-19-29(24)40/h3-5,8-9,12,15,24-27,29,34,40H,6-7,10-11,13-14,16-20H2,1-2H3/t24?,25-,26-,27+,29?,34-,35-/m0/s1. The van der Waals surface area contributed by atoms with Gasteiger partial charge < -0.3 is 19.5 Å². The number of piperidine rings is 1. The molecule has 1 N–H and O–H groups in total. The van der Waals surface area contributed by atoms with Crippen LogP contribution >= 0.6 is 0 Å². The van der Waals surface area contributed by atoms with Gasteiger partial charge in [-0.1, -0.05) is 36.4 Å². The predicted molar refractivity (Wildman–Crippen MR) is 160 cm³/mol. The van der Waals surface area contributed by atoms with E-state index in [9.17, 15) is 19.5 Å². The van der Waals surface area contributed by atoms with Crippen molar-refractivity contribution in [2.45, 2.75) is 94.4 Å². The number of esters is 1. The number of aliphatic hydroxyl groups excluding tert-OH is 1. The molecule has 228 valence electrons. The Morgan fingerprint density at radius 1 is 1.09 bits per heavy atom. The van der Waals surface area contributed by atoms with Gasteiger partial charge in [-0.25, -0.2) is 0 Å². The van der Waals surface area contributed by atoms with Crippen molar-refractivity contribution in [1.29, 1.82) is 0 Å². The first kappa shape index (κ1) is 28.5. The lowest BCUT2D eigenvalue weighted by atomic mass is 9.51. The second-order valence-electron chi connectivity index (χ2n) is 13.4. The summed E-state index contributed by atoms with van der Waals surface area (Å²) in [5.74, 6) is 1.75. The van der Waals surface area contributed by atoms with Crippen LogP contribution in [0.4, 0.5) is 0 Å². The minimum atomic E-state index is -0.371. The molecule has 2 heterocycles. The van der Waals surface area contributed by atoms with Gasteiger partial charge >= 0.3 is 5.97 Å². The number of ketones is 1. The van der Waals surface area contributed by atoms with Crippen LogP contribution in [0.2, 0.25) is 0 Å². The number of unbranched alkanes of at least 4 members (excludes halogenated alkanes) is 1. The first-order valence-electron chi connectivity index (χ1n) is 16.1. The smallest absolute Gasteiger partial charge is 0.308 e. The zero-order chi connectivity index (χ0) is 29.9. The Labute approximate surface area is 253 Å². The van der Waals surface area contributed by atoms with Crippen molar-refractivity contribution in [2.24, 2.45) is 11.8 Å². The number of benzene rings is 2. The largest absolute Gasteiger partial charge is 0.483 e. The minimum Gasteiger partial charge on any atom is -0.483 e. The summed E-state index contributed by atoms with van der Waals surface area (Å²) < 4.78 is 12.5. The molecule has 2 bridgehead atoms. The number of carbonyl (C=O) groups is 3. The molecule has 2 unspecified atom stereocenters. The minimum absolute atomic E-state index is 0.0829. The molecule has 3 fully saturated rings. The third kappa shape index (κ3) is 4.87. The van der Waals surface area contributed by atoms with Gasteiger partial charge in [-0.05, 0) is 69.0 Å². The number of nitrogens with zero attached hydrogens (tertiary/aromatic N) is 2. The van der Waals surface area contributed by atoms with E-state index >= 15 is 0 Å². The lowest BCUT2D eigenvalue weighted by Crippen LogP contribution is -2.69. The average Bonchev–Trinajstić information content (AvgIpc) is 3.58. The summed E-state index contributed by atoms with van der Waals surface area (Å²) in [7, 11) is 1.91. The summed E-state index contributed by atoms with van der Waals surface area (Å²) in [6, 6.07) is 13.6. The average molecular weight is 587 g/mol. The van der Waals surface area contributed by atoms with Crippen molar-refractivity contribution >= 4 is 17.7 Å². The van der Waals surface area contributed by atoms with Crippen LogP contribution in [-0.2, 0) is 21.4 Å². The van der Waals surface area contributed by atoms with Crippen molar-refractivity contribution in [1.82, 2.24) is 9.80 Å². The van der Waals surface area contributed by atoms with Gasteiger partial charge in [0.05, 0.1) is 12.1 Å². The quantitative estimate of drug-likeness (QED) is 0.192. The molecule has 1 spiro atoms. The van der Waals surface area contributed by atoms with Crippen LogP contribution in [0.3, 0.4) is 0 Å². The molecule has 2 aromatic rings. The summed E-state index contributed by atoms with van der Waals surface area (Å²) in [4.78, 5) is 42.6. The van der Waals surface area contributed by atoms with Crippen molar-refractivity contribution in [3.63, 3.8) is 0 Å². The van der Waals surface area contributed by atoms with Crippen molar-refractivity contribution < 1.29 is 29.0 Å². The highest BCUT2D eigenvalue weighted by Crippen LogP contribution is 2.64. The number of Topliss-reactive ketones (excluding diaryl/α,β-unsaturated/α-hetero) is 1. The van der Waals surface area contributed by atoms with E-state index < -0.39 is 0 Å². The summed E-state index contributed by atoms with van der Waals surface area (Å²) in [6.45, 7) is 3.28. The van der Waals surface area contributed by atoms with Gasteiger partial charge in [0, 0.05) is 61.9 Å². The van der Waals surface area contributed by atoms with Gasteiger partial charge in [0.15, 0.2) is 17.3 Å². The molecule has 2 saturated carbocycles. The highest BCUT2D eigenvalue weighted by atomic mass is 16.6. The zero-order valence-corrected chi connectivity index (χ0v) is 25.2. The number of amides is 1. The predicted octanol–water partition coefficient (Wildman–Crippen LogP) is 4.30. The van der Waals surface area contributed by atoms with E-state index in [1.54, 1.807) is 0 Å². The van der Waals surface area contributed by atoms with Crippen molar-refractivity contribution in [3.8, 4) is 11.5 Å². The van der Waals surface area contributed by atoms with Gasteiger partial charge in [0.25, 0.3) is 0 Å². The third-order valence-electron chi connectivity index (χ3n) is 11.0. The molecule has 1 amide bonds. The molecule has 5 aliphatic rings. The molecule has 7 atom stereocenters. The van der Waals surface area contributed by atoms with E-state index in [4.69, 9.17) is 9.47 Å². The summed E-state index contributed by atoms with van der Waals surface area (Å²) >= 11 is 0. The van der Waals surface area contributed by atoms with E-state index in [1.807, 2.05) is 48.3 Å². The SMILES string of the molecule is CC(=O)Oc1ccc2c3c1O[C@H]1[C@@H](N(C)C(=O)CCCCC(=O)c4ccccc4)CC[C@H]4[C@@H](C2)N(CC2CC2O)CC[C@@]341. The van der Waals surface area contributed by atoms with Crippen LogP contribution in [0.5, 0.6) is 11.5 Å². The fourth-order valence-corrected chi connectivity index (χ4v) is 8.87. The van der Waals surface area contributed by atoms with Crippen LogP contribution in [0.25, 0.3) is 0 Å². The van der Waals surface area contributed by atoms with E-state index in [0.717, 1.165) is 50.8 Å². The summed E-state index contributed by atoms with van der Waals surface area (Å²) in [5.41, 5.74) is 2.95. The lowest BCUT2D eigenvalue weighted by Gasteiger charge is -2.60. The maximum Gasteiger partial charge on any atom is 0.308 e. The highest BCUT2D eigenvalue weighted by molar-refractivity contribution is 5.96. The van der Waals surface area contributed by atoms with Crippen LogP contribution in [0.15, 0.2) is 42.5 Å². The topological polar surface area (TPSA) is 96.4 Å². The molecule has 2 aromatic carbocycles. The van der Waals surface area contributed by atoms with Gasteiger partial charge in [-0.2, -0.15) is 0 Å². The molecule has 8 nitrogen and oxygen atoms in total. The number of carbonyl (C=O) groups excluding carboxylic acids is 3. The maximum absolute atomic E-state index is 13.6. The maximum atomic E-state index is 13.6. The summed E-state index contributed by atoms with van der Waals surface area (Å²) in [5, 5.41) is 10.1. The Hall–Kier alpha value is -3.23. The number of likely N-dealkylation sites (tertiary alicyclic amines) is 1. The van der Waals surface area contributed by atoms with Crippen LogP contribution < -0.4 is 9.47 Å². The normalized spacial score (nSPS) is 31.5.